The van der Waals surface area contributed by atoms with Gasteiger partial charge in [0.1, 0.15) is 11.8 Å². The molecule has 2 aromatic carbocycles. The second kappa shape index (κ2) is 10.3. The molecule has 0 spiro atoms. The number of amides is 2. The molecule has 5 nitrogen and oxygen atoms in total. The molecule has 2 rings (SSSR count). The van der Waals surface area contributed by atoms with Gasteiger partial charge in [0.25, 0.3) is 5.91 Å². The summed E-state index contributed by atoms with van der Waals surface area (Å²) in [6.07, 6.45) is 0. The monoisotopic (exact) mass is 416 g/mol. The normalized spacial score (nSPS) is 11.7. The number of aryl methyl sites for hydroxylation is 2. The summed E-state index contributed by atoms with van der Waals surface area (Å²) in [5.41, 5.74) is 4.03. The molecule has 0 radical (unpaired) electrons. The molecule has 0 aliphatic carbocycles. The van der Waals surface area contributed by atoms with Crippen molar-refractivity contribution in [3.8, 4) is 5.75 Å². The van der Waals surface area contributed by atoms with Crippen molar-refractivity contribution in [3.63, 3.8) is 0 Å². The predicted octanol–water partition coefficient (Wildman–Crippen LogP) is 4.20. The van der Waals surface area contributed by atoms with Gasteiger partial charge >= 0.3 is 0 Å². The minimum atomic E-state index is -0.634. The second-order valence-electron chi connectivity index (χ2n) is 7.22. The molecule has 0 aliphatic heterocycles. The van der Waals surface area contributed by atoms with Gasteiger partial charge in [-0.25, -0.2) is 0 Å². The highest BCUT2D eigenvalue weighted by atomic mass is 35.5. The summed E-state index contributed by atoms with van der Waals surface area (Å²) in [7, 11) is 0. The topological polar surface area (TPSA) is 58.6 Å². The average molecular weight is 417 g/mol. The molecule has 0 saturated heterocycles. The Balaban J connectivity index is 2.20. The van der Waals surface area contributed by atoms with Crippen molar-refractivity contribution in [1.29, 1.82) is 0 Å². The summed E-state index contributed by atoms with van der Waals surface area (Å²) in [5.74, 6) is 0.219. The Kier molecular flexibility index (Phi) is 8.09. The molecular formula is C23H29ClN2O3. The Morgan fingerprint density at radius 1 is 1.17 bits per heavy atom. The third-order valence-corrected chi connectivity index (χ3v) is 5.11. The Morgan fingerprint density at radius 2 is 1.90 bits per heavy atom. The summed E-state index contributed by atoms with van der Waals surface area (Å²) in [6, 6.07) is 10.6. The van der Waals surface area contributed by atoms with E-state index in [-0.39, 0.29) is 25.0 Å². The van der Waals surface area contributed by atoms with Crippen LogP contribution in [0.1, 0.15) is 36.1 Å². The van der Waals surface area contributed by atoms with Crippen LogP contribution < -0.4 is 10.1 Å². The fraction of sp³-hybridized carbons (Fsp3) is 0.391. The van der Waals surface area contributed by atoms with Crippen LogP contribution in [0.15, 0.2) is 36.4 Å². The molecule has 0 unspecified atom stereocenters. The Bertz CT molecular complexity index is 882. The van der Waals surface area contributed by atoms with Crippen molar-refractivity contribution in [2.24, 2.45) is 0 Å². The lowest BCUT2D eigenvalue weighted by molar-refractivity contribution is -0.142. The molecule has 0 bridgehead atoms. The van der Waals surface area contributed by atoms with Crippen LogP contribution in [0.25, 0.3) is 0 Å². The van der Waals surface area contributed by atoms with Gasteiger partial charge < -0.3 is 15.0 Å². The smallest absolute Gasteiger partial charge is 0.261 e. The quantitative estimate of drug-likeness (QED) is 0.701. The van der Waals surface area contributed by atoms with Crippen LogP contribution in [-0.2, 0) is 16.1 Å². The van der Waals surface area contributed by atoms with E-state index in [9.17, 15) is 9.59 Å². The molecule has 1 atom stereocenters. The number of rotatable bonds is 8. The molecule has 0 fully saturated rings. The Morgan fingerprint density at radius 3 is 2.55 bits per heavy atom. The number of nitrogens with one attached hydrogen (secondary N) is 1. The molecule has 0 heterocycles. The summed E-state index contributed by atoms with van der Waals surface area (Å²) in [5, 5.41) is 3.36. The van der Waals surface area contributed by atoms with Gasteiger partial charge in [0.15, 0.2) is 6.61 Å². The van der Waals surface area contributed by atoms with E-state index in [0.29, 0.717) is 17.3 Å². The van der Waals surface area contributed by atoms with Crippen molar-refractivity contribution in [2.45, 2.75) is 47.2 Å². The molecular weight excluding hydrogens is 388 g/mol. The largest absolute Gasteiger partial charge is 0.483 e. The first-order valence-electron chi connectivity index (χ1n) is 9.75. The van der Waals surface area contributed by atoms with E-state index in [1.165, 1.54) is 4.90 Å². The first-order valence-corrected chi connectivity index (χ1v) is 10.1. The van der Waals surface area contributed by atoms with Crippen LogP contribution in [-0.4, -0.2) is 35.9 Å². The summed E-state index contributed by atoms with van der Waals surface area (Å²) >= 11 is 6.08. The van der Waals surface area contributed by atoms with Crippen LogP contribution in [0.2, 0.25) is 5.02 Å². The molecule has 1 N–H and O–H groups in total. The van der Waals surface area contributed by atoms with Crippen molar-refractivity contribution in [1.82, 2.24) is 10.2 Å². The highest BCUT2D eigenvalue weighted by molar-refractivity contribution is 6.30. The van der Waals surface area contributed by atoms with Gasteiger partial charge in [-0.3, -0.25) is 9.59 Å². The molecule has 0 aromatic heterocycles. The highest BCUT2D eigenvalue weighted by Gasteiger charge is 2.26. The van der Waals surface area contributed by atoms with Crippen molar-refractivity contribution in [3.05, 3.63) is 63.7 Å². The SMILES string of the molecule is CCNC(=O)[C@@H](C)N(Cc1cccc(Cl)c1)C(=O)COc1cc(C)cc(C)c1C. The molecule has 29 heavy (non-hydrogen) atoms. The zero-order chi connectivity index (χ0) is 21.6. The van der Waals surface area contributed by atoms with Crippen LogP contribution in [0.5, 0.6) is 5.75 Å². The number of carbonyl (C=O) groups excluding carboxylic acids is 2. The zero-order valence-electron chi connectivity index (χ0n) is 17.7. The first kappa shape index (κ1) is 22.8. The van der Waals surface area contributed by atoms with E-state index in [1.54, 1.807) is 19.1 Å². The van der Waals surface area contributed by atoms with Crippen LogP contribution >= 0.6 is 11.6 Å². The van der Waals surface area contributed by atoms with E-state index in [0.717, 1.165) is 22.3 Å². The fourth-order valence-electron chi connectivity index (χ4n) is 3.11. The minimum Gasteiger partial charge on any atom is -0.483 e. The van der Waals surface area contributed by atoms with E-state index in [1.807, 2.05) is 45.9 Å². The second-order valence-corrected chi connectivity index (χ2v) is 7.65. The Labute approximate surface area is 178 Å². The zero-order valence-corrected chi connectivity index (χ0v) is 18.5. The highest BCUT2D eigenvalue weighted by Crippen LogP contribution is 2.23. The van der Waals surface area contributed by atoms with Gasteiger partial charge in [0.05, 0.1) is 0 Å². The number of likely N-dealkylation sites (N-methyl/N-ethyl adjacent to an activating group) is 1. The number of hydrogen-bond acceptors (Lipinski definition) is 3. The fourth-order valence-corrected chi connectivity index (χ4v) is 3.32. The lowest BCUT2D eigenvalue weighted by atomic mass is 10.1. The standard InChI is InChI=1S/C23H29ClN2O3/c1-6-25-23(28)18(5)26(13-19-8-7-9-20(24)12-19)22(27)14-29-21-11-15(2)10-16(3)17(21)4/h7-12,18H,6,13-14H2,1-5H3,(H,25,28)/t18-/m1/s1. The van der Waals surface area contributed by atoms with E-state index >= 15 is 0 Å². The molecule has 0 aliphatic rings. The van der Waals surface area contributed by atoms with Crippen LogP contribution in [0.4, 0.5) is 0 Å². The minimum absolute atomic E-state index is 0.145. The maximum atomic E-state index is 13.0. The lowest BCUT2D eigenvalue weighted by Crippen LogP contribution is -2.49. The van der Waals surface area contributed by atoms with E-state index in [4.69, 9.17) is 16.3 Å². The van der Waals surface area contributed by atoms with Crippen molar-refractivity contribution in [2.75, 3.05) is 13.2 Å². The third-order valence-electron chi connectivity index (χ3n) is 4.88. The molecule has 2 amide bonds. The van der Waals surface area contributed by atoms with Gasteiger partial charge in [0.2, 0.25) is 5.91 Å². The summed E-state index contributed by atoms with van der Waals surface area (Å²) in [6.45, 7) is 10.2. The average Bonchev–Trinajstić information content (AvgIpc) is 2.67. The molecule has 2 aromatic rings. The predicted molar refractivity (Wildman–Crippen MR) is 116 cm³/mol. The summed E-state index contributed by atoms with van der Waals surface area (Å²) < 4.78 is 5.84. The maximum Gasteiger partial charge on any atom is 0.261 e. The maximum absolute atomic E-state index is 13.0. The van der Waals surface area contributed by atoms with Gasteiger partial charge in [-0.15, -0.1) is 0 Å². The summed E-state index contributed by atoms with van der Waals surface area (Å²) in [4.78, 5) is 26.9. The van der Waals surface area contributed by atoms with Crippen LogP contribution in [0.3, 0.4) is 0 Å². The van der Waals surface area contributed by atoms with E-state index < -0.39 is 6.04 Å². The van der Waals surface area contributed by atoms with Crippen LogP contribution in [0, 0.1) is 20.8 Å². The first-order chi connectivity index (χ1) is 13.7. The van der Waals surface area contributed by atoms with Crippen molar-refractivity contribution < 1.29 is 14.3 Å². The molecule has 6 heteroatoms. The number of benzene rings is 2. The number of carbonyl (C=O) groups is 2. The van der Waals surface area contributed by atoms with Gasteiger partial charge in [-0.2, -0.15) is 0 Å². The van der Waals surface area contributed by atoms with E-state index in [2.05, 4.69) is 11.4 Å². The molecule has 0 saturated carbocycles. The van der Waals surface area contributed by atoms with Gasteiger partial charge in [0, 0.05) is 18.1 Å². The van der Waals surface area contributed by atoms with Gasteiger partial charge in [-0.05, 0) is 75.1 Å². The number of ether oxygens (including phenoxy) is 1. The number of nitrogens with zero attached hydrogens (tertiary/aromatic N) is 1. The number of hydrogen-bond donors (Lipinski definition) is 1. The molecule has 156 valence electrons. The number of halogens is 1. The third kappa shape index (κ3) is 6.23. The lowest BCUT2D eigenvalue weighted by Gasteiger charge is -2.29. The Hall–Kier alpha value is -2.53. The van der Waals surface area contributed by atoms with Gasteiger partial charge in [-0.1, -0.05) is 29.8 Å². The van der Waals surface area contributed by atoms with Crippen molar-refractivity contribution >= 4 is 23.4 Å².